The molecule has 1 aromatic rings. The lowest BCUT2D eigenvalue weighted by atomic mass is 10.4. The van der Waals surface area contributed by atoms with E-state index in [9.17, 15) is 0 Å². The van der Waals surface area contributed by atoms with Gasteiger partial charge in [-0.2, -0.15) is 5.10 Å². The molecule has 56 valence electrons. The number of aromatic nitrogens is 3. The van der Waals surface area contributed by atoms with Crippen molar-refractivity contribution >= 4 is 0 Å². The van der Waals surface area contributed by atoms with Crippen LogP contribution in [0.25, 0.3) is 0 Å². The molecule has 1 aromatic heterocycles. The van der Waals surface area contributed by atoms with Crippen LogP contribution in [0.1, 0.15) is 11.6 Å². The zero-order valence-corrected chi connectivity index (χ0v) is 5.54. The maximum atomic E-state index is 8.55. The molecule has 0 spiro atoms. The highest BCUT2D eigenvalue weighted by Gasteiger charge is 1.98. The monoisotopic (exact) mass is 142 g/mol. The standard InChI is InChI=1S/C5H10N4O/c6-2-1-4-7-5(3-10)9-8-4/h10H,1-3,6H2,(H,7,8,9). The summed E-state index contributed by atoms with van der Waals surface area (Å²) in [4.78, 5) is 3.92. The Morgan fingerprint density at radius 2 is 2.40 bits per heavy atom. The van der Waals surface area contributed by atoms with Gasteiger partial charge in [0.15, 0.2) is 5.82 Å². The van der Waals surface area contributed by atoms with E-state index in [1.807, 2.05) is 0 Å². The number of nitrogens with two attached hydrogens (primary N) is 1. The first-order chi connectivity index (χ1) is 4.86. The Morgan fingerprint density at radius 3 is 2.90 bits per heavy atom. The second-order valence-electron chi connectivity index (χ2n) is 1.90. The van der Waals surface area contributed by atoms with Gasteiger partial charge in [-0.25, -0.2) is 4.98 Å². The highest BCUT2D eigenvalue weighted by Crippen LogP contribution is 1.91. The molecule has 0 bridgehead atoms. The molecule has 0 aliphatic rings. The third-order valence-corrected chi connectivity index (χ3v) is 1.10. The first-order valence-electron chi connectivity index (χ1n) is 3.08. The molecule has 0 amide bonds. The normalized spacial score (nSPS) is 10.2. The Bertz CT molecular complexity index is 197. The van der Waals surface area contributed by atoms with Crippen molar-refractivity contribution in [1.82, 2.24) is 15.2 Å². The second-order valence-corrected chi connectivity index (χ2v) is 1.90. The van der Waals surface area contributed by atoms with Crippen molar-refractivity contribution in [3.8, 4) is 0 Å². The molecule has 0 atom stereocenters. The van der Waals surface area contributed by atoms with Crippen LogP contribution in [-0.4, -0.2) is 26.8 Å². The zero-order valence-electron chi connectivity index (χ0n) is 5.54. The van der Waals surface area contributed by atoms with Gasteiger partial charge in [0.05, 0.1) is 0 Å². The summed E-state index contributed by atoms with van der Waals surface area (Å²) in [7, 11) is 0. The van der Waals surface area contributed by atoms with Gasteiger partial charge < -0.3 is 10.8 Å². The maximum absolute atomic E-state index is 8.55. The van der Waals surface area contributed by atoms with Crippen molar-refractivity contribution in [3.63, 3.8) is 0 Å². The van der Waals surface area contributed by atoms with Crippen molar-refractivity contribution < 1.29 is 5.11 Å². The van der Waals surface area contributed by atoms with Gasteiger partial charge in [0, 0.05) is 6.42 Å². The lowest BCUT2D eigenvalue weighted by molar-refractivity contribution is 0.271. The number of aliphatic hydroxyl groups excluding tert-OH is 1. The van der Waals surface area contributed by atoms with Crippen LogP contribution < -0.4 is 5.73 Å². The Hall–Kier alpha value is -0.940. The maximum Gasteiger partial charge on any atom is 0.152 e. The van der Waals surface area contributed by atoms with E-state index in [1.165, 1.54) is 0 Å². The van der Waals surface area contributed by atoms with Crippen LogP contribution >= 0.6 is 0 Å². The van der Waals surface area contributed by atoms with Crippen LogP contribution in [0.15, 0.2) is 0 Å². The van der Waals surface area contributed by atoms with Crippen molar-refractivity contribution in [1.29, 1.82) is 0 Å². The number of hydrogen-bond donors (Lipinski definition) is 3. The van der Waals surface area contributed by atoms with Gasteiger partial charge in [-0.1, -0.05) is 0 Å². The number of nitrogens with zero attached hydrogens (tertiary/aromatic N) is 2. The molecule has 0 saturated heterocycles. The number of aromatic amines is 1. The summed E-state index contributed by atoms with van der Waals surface area (Å²) in [6, 6.07) is 0. The fourth-order valence-corrected chi connectivity index (χ4v) is 0.646. The smallest absolute Gasteiger partial charge is 0.152 e. The molecule has 0 fully saturated rings. The molecule has 5 heteroatoms. The summed E-state index contributed by atoms with van der Waals surface area (Å²) in [6.07, 6.45) is 0.649. The first kappa shape index (κ1) is 7.17. The number of hydrogen-bond acceptors (Lipinski definition) is 4. The summed E-state index contributed by atoms with van der Waals surface area (Å²) in [5.41, 5.74) is 5.25. The van der Waals surface area contributed by atoms with Gasteiger partial charge in [-0.15, -0.1) is 0 Å². The van der Waals surface area contributed by atoms with Crippen molar-refractivity contribution in [2.75, 3.05) is 6.54 Å². The van der Waals surface area contributed by atoms with Gasteiger partial charge in [0.2, 0.25) is 0 Å². The van der Waals surface area contributed by atoms with Gasteiger partial charge in [-0.3, -0.25) is 5.10 Å². The van der Waals surface area contributed by atoms with Crippen LogP contribution in [0.3, 0.4) is 0 Å². The Kier molecular flexibility index (Phi) is 2.35. The van der Waals surface area contributed by atoms with Gasteiger partial charge in [0.25, 0.3) is 0 Å². The number of H-pyrrole nitrogens is 1. The lowest BCUT2D eigenvalue weighted by Gasteiger charge is -1.84. The molecule has 0 unspecified atom stereocenters. The summed E-state index contributed by atoms with van der Waals surface area (Å²) in [6.45, 7) is 0.431. The topological polar surface area (TPSA) is 87.8 Å². The largest absolute Gasteiger partial charge is 0.388 e. The molecule has 0 saturated carbocycles. The predicted octanol–water partition coefficient (Wildman–Crippen LogP) is -1.20. The highest BCUT2D eigenvalue weighted by atomic mass is 16.3. The Morgan fingerprint density at radius 1 is 1.60 bits per heavy atom. The Labute approximate surface area is 58.3 Å². The third kappa shape index (κ3) is 1.52. The van der Waals surface area contributed by atoms with Crippen LogP contribution in [-0.2, 0) is 13.0 Å². The molecule has 0 radical (unpaired) electrons. The molecule has 1 heterocycles. The van der Waals surface area contributed by atoms with Gasteiger partial charge >= 0.3 is 0 Å². The molecule has 0 aromatic carbocycles. The molecular weight excluding hydrogens is 132 g/mol. The fourth-order valence-electron chi connectivity index (χ4n) is 0.646. The minimum atomic E-state index is -0.0996. The van der Waals surface area contributed by atoms with Crippen molar-refractivity contribution in [2.24, 2.45) is 5.73 Å². The Balaban J connectivity index is 2.59. The van der Waals surface area contributed by atoms with Gasteiger partial charge in [-0.05, 0) is 6.54 Å². The molecule has 0 aliphatic carbocycles. The molecule has 0 aliphatic heterocycles. The minimum Gasteiger partial charge on any atom is -0.388 e. The summed E-state index contributed by atoms with van der Waals surface area (Å²) < 4.78 is 0. The quantitative estimate of drug-likeness (QED) is 0.494. The third-order valence-electron chi connectivity index (χ3n) is 1.10. The van der Waals surface area contributed by atoms with E-state index in [-0.39, 0.29) is 6.61 Å². The second kappa shape index (κ2) is 3.28. The fraction of sp³-hybridized carbons (Fsp3) is 0.600. The molecule has 1 rings (SSSR count). The molecule has 5 nitrogen and oxygen atoms in total. The number of aliphatic hydroxyl groups is 1. The lowest BCUT2D eigenvalue weighted by Crippen LogP contribution is -2.04. The highest BCUT2D eigenvalue weighted by molar-refractivity contribution is 4.88. The van der Waals surface area contributed by atoms with Crippen LogP contribution in [0.4, 0.5) is 0 Å². The van der Waals surface area contributed by atoms with Crippen LogP contribution in [0.5, 0.6) is 0 Å². The van der Waals surface area contributed by atoms with Crippen molar-refractivity contribution in [2.45, 2.75) is 13.0 Å². The van der Waals surface area contributed by atoms with Gasteiger partial charge in [0.1, 0.15) is 12.4 Å². The number of rotatable bonds is 3. The molecule has 10 heavy (non-hydrogen) atoms. The van der Waals surface area contributed by atoms with E-state index in [1.54, 1.807) is 0 Å². The summed E-state index contributed by atoms with van der Waals surface area (Å²) in [5.74, 6) is 1.15. The van der Waals surface area contributed by atoms with E-state index < -0.39 is 0 Å². The minimum absolute atomic E-state index is 0.0996. The summed E-state index contributed by atoms with van der Waals surface area (Å²) >= 11 is 0. The average molecular weight is 142 g/mol. The first-order valence-corrected chi connectivity index (χ1v) is 3.08. The van der Waals surface area contributed by atoms with E-state index in [0.29, 0.717) is 24.6 Å². The zero-order chi connectivity index (χ0) is 7.40. The molecule has 4 N–H and O–H groups in total. The van der Waals surface area contributed by atoms with Crippen LogP contribution in [0.2, 0.25) is 0 Å². The van der Waals surface area contributed by atoms with E-state index in [2.05, 4.69) is 15.2 Å². The predicted molar refractivity (Wildman–Crippen MR) is 35.1 cm³/mol. The van der Waals surface area contributed by atoms with E-state index >= 15 is 0 Å². The molecular formula is C5H10N4O. The van der Waals surface area contributed by atoms with Crippen molar-refractivity contribution in [3.05, 3.63) is 11.6 Å². The number of nitrogens with one attached hydrogen (secondary N) is 1. The van der Waals surface area contributed by atoms with E-state index in [4.69, 9.17) is 10.8 Å². The summed E-state index contributed by atoms with van der Waals surface area (Å²) in [5, 5.41) is 14.9. The van der Waals surface area contributed by atoms with Crippen LogP contribution in [0, 0.1) is 0 Å². The average Bonchev–Trinajstić information content (AvgIpc) is 2.37. The van der Waals surface area contributed by atoms with E-state index in [0.717, 1.165) is 0 Å². The SMILES string of the molecule is NCCc1n[nH]c(CO)n1.